The minimum atomic E-state index is -0.463. The first-order valence-electron chi connectivity index (χ1n) is 12.8. The van der Waals surface area contributed by atoms with Gasteiger partial charge in [0.2, 0.25) is 0 Å². The Labute approximate surface area is 199 Å². The summed E-state index contributed by atoms with van der Waals surface area (Å²) in [6, 6.07) is 12.0. The molecule has 2 aromatic carbocycles. The Morgan fingerprint density at radius 2 is 1.50 bits per heavy atom. The summed E-state index contributed by atoms with van der Waals surface area (Å²) in [4.78, 5) is 0. The molecule has 0 radical (unpaired) electrons. The molecule has 0 heterocycles. The topological polar surface area (TPSA) is 9.23 Å². The predicted molar refractivity (Wildman–Crippen MR) is 135 cm³/mol. The molecule has 0 bridgehead atoms. The monoisotopic (exact) mass is 458 g/mol. The Morgan fingerprint density at radius 3 is 2.16 bits per heavy atom. The van der Waals surface area contributed by atoms with Crippen LogP contribution in [0.1, 0.15) is 90.0 Å². The van der Waals surface area contributed by atoms with Gasteiger partial charge in [-0.2, -0.15) is 0 Å². The van der Waals surface area contributed by atoms with Crippen LogP contribution in [0.5, 0.6) is 5.75 Å². The number of unbranched alkanes of at least 4 members (excludes halogenated alkanes) is 3. The predicted octanol–water partition coefficient (Wildman–Crippen LogP) is 9.64. The lowest BCUT2D eigenvalue weighted by atomic mass is 9.78. The second-order valence-corrected chi connectivity index (χ2v) is 9.94. The van der Waals surface area contributed by atoms with E-state index >= 15 is 0 Å². The van der Waals surface area contributed by atoms with Crippen molar-refractivity contribution in [2.45, 2.75) is 90.9 Å². The molecule has 1 nitrogen and oxygen atoms in total. The summed E-state index contributed by atoms with van der Waals surface area (Å²) in [6.07, 6.45) is 15.5. The van der Waals surface area contributed by atoms with Gasteiger partial charge in [0.15, 0.2) is 11.6 Å². The maximum absolute atomic E-state index is 14.6. The van der Waals surface area contributed by atoms with Crippen LogP contribution < -0.4 is 4.74 Å². The molecule has 1 aliphatic rings. The zero-order valence-electron chi connectivity index (χ0n) is 20.0. The largest absolute Gasteiger partial charge is 0.490 e. The third-order valence-corrected chi connectivity index (χ3v) is 7.46. The molecule has 1 fully saturated rings. The van der Waals surface area contributed by atoms with Gasteiger partial charge in [-0.25, -0.2) is 4.39 Å². The van der Waals surface area contributed by atoms with E-state index in [0.29, 0.717) is 6.61 Å². The van der Waals surface area contributed by atoms with Crippen LogP contribution in [-0.2, 0) is 6.42 Å². The van der Waals surface area contributed by atoms with Gasteiger partial charge in [0.1, 0.15) is 0 Å². The van der Waals surface area contributed by atoms with E-state index in [1.54, 1.807) is 6.07 Å². The van der Waals surface area contributed by atoms with Crippen molar-refractivity contribution in [2.75, 3.05) is 6.61 Å². The van der Waals surface area contributed by atoms with Crippen LogP contribution in [0.4, 0.5) is 4.39 Å². The first kappa shape index (κ1) is 25.1. The number of hydrogen-bond acceptors (Lipinski definition) is 1. The number of halogens is 2. The molecule has 0 spiro atoms. The van der Waals surface area contributed by atoms with Gasteiger partial charge in [-0.15, -0.1) is 0 Å². The highest BCUT2D eigenvalue weighted by atomic mass is 35.5. The standard InChI is InChI=1S/C29H40ClFO/c1-3-5-7-8-22-9-11-23(12-10-22)13-14-24-15-17-25(18-16-24)26-19-20-27(29(31)28(26)30)32-21-6-4-2/h15-20,22-23H,3-14,21H2,1-2H3. The molecule has 0 N–H and O–H groups in total. The van der Waals surface area contributed by atoms with Crippen LogP contribution >= 0.6 is 11.6 Å². The van der Waals surface area contributed by atoms with Gasteiger partial charge in [-0.05, 0) is 54.4 Å². The van der Waals surface area contributed by atoms with Gasteiger partial charge in [-0.1, -0.05) is 108 Å². The van der Waals surface area contributed by atoms with E-state index in [9.17, 15) is 4.39 Å². The molecule has 32 heavy (non-hydrogen) atoms. The highest BCUT2D eigenvalue weighted by molar-refractivity contribution is 6.33. The second kappa shape index (κ2) is 13.2. The Bertz CT molecular complexity index is 809. The first-order valence-corrected chi connectivity index (χ1v) is 13.2. The molecule has 0 unspecified atom stereocenters. The molecule has 3 heteroatoms. The van der Waals surface area contributed by atoms with E-state index in [4.69, 9.17) is 16.3 Å². The maximum Gasteiger partial charge on any atom is 0.184 e. The van der Waals surface area contributed by atoms with Crippen LogP contribution in [0, 0.1) is 17.7 Å². The van der Waals surface area contributed by atoms with Crippen molar-refractivity contribution in [1.29, 1.82) is 0 Å². The van der Waals surface area contributed by atoms with Crippen molar-refractivity contribution in [3.8, 4) is 16.9 Å². The second-order valence-electron chi connectivity index (χ2n) is 9.56. The van der Waals surface area contributed by atoms with Crippen LogP contribution in [0.2, 0.25) is 5.02 Å². The highest BCUT2D eigenvalue weighted by Crippen LogP contribution is 2.36. The Morgan fingerprint density at radius 1 is 0.844 bits per heavy atom. The molecular formula is C29H40ClFO. The van der Waals surface area contributed by atoms with Crippen molar-refractivity contribution in [1.82, 2.24) is 0 Å². The summed E-state index contributed by atoms with van der Waals surface area (Å²) < 4.78 is 20.2. The zero-order chi connectivity index (χ0) is 22.8. The number of hydrogen-bond donors (Lipinski definition) is 0. The number of ether oxygens (including phenoxy) is 1. The van der Waals surface area contributed by atoms with Crippen molar-refractivity contribution >= 4 is 11.6 Å². The molecule has 0 saturated heterocycles. The summed E-state index contributed by atoms with van der Waals surface area (Å²) >= 11 is 6.34. The summed E-state index contributed by atoms with van der Waals surface area (Å²) in [5.74, 6) is 1.63. The third-order valence-electron chi connectivity index (χ3n) is 7.09. The average Bonchev–Trinajstić information content (AvgIpc) is 2.82. The molecule has 1 aliphatic carbocycles. The SMILES string of the molecule is CCCCCC1CCC(CCc2ccc(-c3ccc(OCCCC)c(F)c3Cl)cc2)CC1. The third kappa shape index (κ3) is 7.24. The van der Waals surface area contributed by atoms with Gasteiger partial charge in [-0.3, -0.25) is 0 Å². The maximum atomic E-state index is 14.6. The Kier molecular flexibility index (Phi) is 10.4. The van der Waals surface area contributed by atoms with Gasteiger partial charge >= 0.3 is 0 Å². The Balaban J connectivity index is 1.50. The molecule has 2 aromatic rings. The van der Waals surface area contributed by atoms with Gasteiger partial charge in [0.05, 0.1) is 11.6 Å². The molecular weight excluding hydrogens is 419 g/mol. The van der Waals surface area contributed by atoms with Crippen molar-refractivity contribution in [3.05, 3.63) is 52.8 Å². The van der Waals surface area contributed by atoms with Gasteiger partial charge in [0.25, 0.3) is 0 Å². The van der Waals surface area contributed by atoms with E-state index in [1.165, 1.54) is 63.4 Å². The molecule has 0 aromatic heterocycles. The fourth-order valence-corrected chi connectivity index (χ4v) is 5.17. The van der Waals surface area contributed by atoms with E-state index in [-0.39, 0.29) is 10.8 Å². The normalized spacial score (nSPS) is 18.6. The highest BCUT2D eigenvalue weighted by Gasteiger charge is 2.20. The molecule has 0 aliphatic heterocycles. The van der Waals surface area contributed by atoms with Gasteiger partial charge in [0, 0.05) is 5.56 Å². The molecule has 176 valence electrons. The summed E-state index contributed by atoms with van der Waals surface area (Å²) in [6.45, 7) is 4.88. The summed E-state index contributed by atoms with van der Waals surface area (Å²) in [5.41, 5.74) is 3.03. The molecule has 0 amide bonds. The smallest absolute Gasteiger partial charge is 0.184 e. The molecule has 0 atom stereocenters. The summed E-state index contributed by atoms with van der Waals surface area (Å²) in [5, 5.41) is 0.141. The minimum Gasteiger partial charge on any atom is -0.490 e. The van der Waals surface area contributed by atoms with E-state index in [2.05, 4.69) is 38.1 Å². The number of aryl methyl sites for hydroxylation is 1. The zero-order valence-corrected chi connectivity index (χ0v) is 20.7. The lowest BCUT2D eigenvalue weighted by Crippen LogP contribution is -2.15. The van der Waals surface area contributed by atoms with Crippen molar-refractivity contribution in [2.24, 2.45) is 11.8 Å². The number of rotatable bonds is 12. The minimum absolute atomic E-state index is 0.141. The van der Waals surface area contributed by atoms with Crippen LogP contribution in [0.15, 0.2) is 36.4 Å². The van der Waals surface area contributed by atoms with E-state index in [0.717, 1.165) is 42.2 Å². The van der Waals surface area contributed by atoms with E-state index in [1.807, 2.05) is 6.07 Å². The fraction of sp³-hybridized carbons (Fsp3) is 0.586. The molecule has 3 rings (SSSR count). The number of benzene rings is 2. The fourth-order valence-electron chi connectivity index (χ4n) is 4.91. The first-order chi connectivity index (χ1) is 15.6. The van der Waals surface area contributed by atoms with Crippen molar-refractivity contribution < 1.29 is 9.13 Å². The van der Waals surface area contributed by atoms with Gasteiger partial charge < -0.3 is 4.74 Å². The lowest BCUT2D eigenvalue weighted by molar-refractivity contribution is 0.249. The van der Waals surface area contributed by atoms with Crippen LogP contribution in [0.25, 0.3) is 11.1 Å². The lowest BCUT2D eigenvalue weighted by Gasteiger charge is -2.28. The summed E-state index contributed by atoms with van der Waals surface area (Å²) in [7, 11) is 0. The quantitative estimate of drug-likeness (QED) is 0.287. The van der Waals surface area contributed by atoms with Crippen LogP contribution in [-0.4, -0.2) is 6.61 Å². The average molecular weight is 459 g/mol. The Hall–Kier alpha value is -1.54. The van der Waals surface area contributed by atoms with Crippen molar-refractivity contribution in [3.63, 3.8) is 0 Å². The molecule has 1 saturated carbocycles. The van der Waals surface area contributed by atoms with E-state index < -0.39 is 5.82 Å². The van der Waals surface area contributed by atoms with Crippen LogP contribution in [0.3, 0.4) is 0 Å².